The van der Waals surface area contributed by atoms with Crippen LogP contribution in [0.2, 0.25) is 0 Å². The summed E-state index contributed by atoms with van der Waals surface area (Å²) in [5.41, 5.74) is 0.875. The van der Waals surface area contributed by atoms with Crippen molar-refractivity contribution in [2.24, 2.45) is 0 Å². The molecule has 0 aliphatic heterocycles. The standard InChI is InChI=1S/C16H13FN2O3S/c1-9-10(2)23-16(18-9)19-15(20)13-6-7-14(22-13)21-12-5-3-4-11(17)8-12/h3-8H,1-2H3,(H,18,19,20). The highest BCUT2D eigenvalue weighted by Gasteiger charge is 2.15. The van der Waals surface area contributed by atoms with Gasteiger partial charge in [-0.05, 0) is 32.0 Å². The Balaban J connectivity index is 1.69. The molecule has 3 aromatic rings. The average molecular weight is 332 g/mol. The summed E-state index contributed by atoms with van der Waals surface area (Å²) in [6, 6.07) is 8.63. The monoisotopic (exact) mass is 332 g/mol. The van der Waals surface area contributed by atoms with Gasteiger partial charge in [-0.1, -0.05) is 6.07 Å². The third-order valence-electron chi connectivity index (χ3n) is 3.07. The predicted molar refractivity (Wildman–Crippen MR) is 84.7 cm³/mol. The summed E-state index contributed by atoms with van der Waals surface area (Å²) in [5, 5.41) is 3.17. The number of carbonyl (C=O) groups is 1. The van der Waals surface area contributed by atoms with Crippen molar-refractivity contribution in [3.8, 4) is 11.7 Å². The number of carbonyl (C=O) groups excluding carboxylic acids is 1. The van der Waals surface area contributed by atoms with Gasteiger partial charge in [0.2, 0.25) is 0 Å². The minimum atomic E-state index is -0.423. The minimum absolute atomic E-state index is 0.0851. The molecule has 7 heteroatoms. The fourth-order valence-electron chi connectivity index (χ4n) is 1.83. The molecule has 0 radical (unpaired) electrons. The molecule has 0 bridgehead atoms. The van der Waals surface area contributed by atoms with E-state index in [1.807, 2.05) is 13.8 Å². The first kappa shape index (κ1) is 15.2. The molecule has 0 fully saturated rings. The Morgan fingerprint density at radius 1 is 1.30 bits per heavy atom. The normalized spacial score (nSPS) is 10.6. The molecule has 1 amide bonds. The van der Waals surface area contributed by atoms with Crippen molar-refractivity contribution in [3.05, 3.63) is 58.5 Å². The summed E-state index contributed by atoms with van der Waals surface area (Å²) in [5.74, 6) is -0.360. The number of anilines is 1. The summed E-state index contributed by atoms with van der Waals surface area (Å²) in [4.78, 5) is 17.4. The lowest BCUT2D eigenvalue weighted by molar-refractivity contribution is 0.0991. The van der Waals surface area contributed by atoms with Gasteiger partial charge in [-0.25, -0.2) is 9.37 Å². The van der Waals surface area contributed by atoms with E-state index in [0.717, 1.165) is 10.6 Å². The Kier molecular flexibility index (Phi) is 4.12. The molecular formula is C16H13FN2O3S. The molecule has 0 saturated heterocycles. The maximum absolute atomic E-state index is 13.1. The predicted octanol–water partition coefficient (Wildman–Crippen LogP) is 4.54. The van der Waals surface area contributed by atoms with Crippen molar-refractivity contribution in [2.45, 2.75) is 13.8 Å². The molecule has 3 rings (SSSR count). The summed E-state index contributed by atoms with van der Waals surface area (Å²) in [7, 11) is 0. The number of hydrogen-bond acceptors (Lipinski definition) is 5. The van der Waals surface area contributed by atoms with E-state index in [4.69, 9.17) is 9.15 Å². The summed E-state index contributed by atoms with van der Waals surface area (Å²) in [6.45, 7) is 3.81. The van der Waals surface area contributed by atoms with Crippen molar-refractivity contribution >= 4 is 22.4 Å². The van der Waals surface area contributed by atoms with Crippen LogP contribution in [0.4, 0.5) is 9.52 Å². The SMILES string of the molecule is Cc1nc(NC(=O)c2ccc(Oc3cccc(F)c3)o2)sc1C. The Morgan fingerprint density at radius 3 is 2.83 bits per heavy atom. The molecular weight excluding hydrogens is 319 g/mol. The Bertz CT molecular complexity index is 837. The molecule has 0 aliphatic rings. The molecule has 0 unspecified atom stereocenters. The Labute approximate surface area is 135 Å². The lowest BCUT2D eigenvalue weighted by Gasteiger charge is -2.01. The van der Waals surface area contributed by atoms with E-state index >= 15 is 0 Å². The Morgan fingerprint density at radius 2 is 2.13 bits per heavy atom. The molecule has 1 N–H and O–H groups in total. The van der Waals surface area contributed by atoms with Crippen LogP contribution in [-0.2, 0) is 0 Å². The van der Waals surface area contributed by atoms with Gasteiger partial charge in [0.05, 0.1) is 5.69 Å². The van der Waals surface area contributed by atoms with Crippen LogP contribution in [0, 0.1) is 19.7 Å². The van der Waals surface area contributed by atoms with E-state index in [0.29, 0.717) is 5.13 Å². The number of nitrogens with one attached hydrogen (secondary N) is 1. The van der Waals surface area contributed by atoms with E-state index in [1.165, 1.54) is 41.7 Å². The molecule has 0 atom stereocenters. The van der Waals surface area contributed by atoms with Gasteiger partial charge in [0.25, 0.3) is 11.9 Å². The quantitative estimate of drug-likeness (QED) is 0.762. The second-order valence-corrected chi connectivity index (χ2v) is 6.00. The Hall–Kier alpha value is -2.67. The zero-order valence-electron chi connectivity index (χ0n) is 12.4. The number of ether oxygens (including phenoxy) is 1. The van der Waals surface area contributed by atoms with Crippen molar-refractivity contribution in [1.82, 2.24) is 4.98 Å². The molecule has 2 aromatic heterocycles. The van der Waals surface area contributed by atoms with Gasteiger partial charge >= 0.3 is 0 Å². The van der Waals surface area contributed by atoms with Gasteiger partial charge in [0, 0.05) is 17.0 Å². The highest BCUT2D eigenvalue weighted by molar-refractivity contribution is 7.15. The fourth-order valence-corrected chi connectivity index (χ4v) is 2.64. The molecule has 5 nitrogen and oxygen atoms in total. The molecule has 0 aliphatic carbocycles. The largest absolute Gasteiger partial charge is 0.426 e. The summed E-state index contributed by atoms with van der Waals surface area (Å²) < 4.78 is 23.8. The van der Waals surface area contributed by atoms with Crippen LogP contribution < -0.4 is 10.1 Å². The van der Waals surface area contributed by atoms with Gasteiger partial charge in [0.1, 0.15) is 11.6 Å². The first-order chi connectivity index (χ1) is 11.0. The number of amides is 1. The highest BCUT2D eigenvalue weighted by atomic mass is 32.1. The van der Waals surface area contributed by atoms with Gasteiger partial charge in [-0.2, -0.15) is 0 Å². The van der Waals surface area contributed by atoms with E-state index < -0.39 is 11.7 Å². The number of hydrogen-bond donors (Lipinski definition) is 1. The van der Waals surface area contributed by atoms with Gasteiger partial charge in [-0.15, -0.1) is 11.3 Å². The lowest BCUT2D eigenvalue weighted by atomic mass is 10.3. The first-order valence-corrected chi connectivity index (χ1v) is 7.61. The maximum Gasteiger partial charge on any atom is 0.293 e. The molecule has 2 heterocycles. The number of furan rings is 1. The van der Waals surface area contributed by atoms with Crippen molar-refractivity contribution in [3.63, 3.8) is 0 Å². The van der Waals surface area contributed by atoms with Gasteiger partial charge in [-0.3, -0.25) is 10.1 Å². The lowest BCUT2D eigenvalue weighted by Crippen LogP contribution is -2.10. The number of aromatic nitrogens is 1. The summed E-state index contributed by atoms with van der Waals surface area (Å²) >= 11 is 1.39. The van der Waals surface area contributed by atoms with Crippen LogP contribution in [0.25, 0.3) is 0 Å². The van der Waals surface area contributed by atoms with E-state index in [9.17, 15) is 9.18 Å². The van der Waals surface area contributed by atoms with E-state index in [1.54, 1.807) is 6.07 Å². The third-order valence-corrected chi connectivity index (χ3v) is 4.06. The van der Waals surface area contributed by atoms with E-state index in [-0.39, 0.29) is 17.5 Å². The van der Waals surface area contributed by atoms with Crippen molar-refractivity contribution in [1.29, 1.82) is 0 Å². The number of benzene rings is 1. The number of halogens is 1. The zero-order valence-corrected chi connectivity index (χ0v) is 13.2. The van der Waals surface area contributed by atoms with Crippen LogP contribution >= 0.6 is 11.3 Å². The zero-order chi connectivity index (χ0) is 16.4. The number of rotatable bonds is 4. The van der Waals surface area contributed by atoms with Crippen LogP contribution in [0.15, 0.2) is 40.8 Å². The number of nitrogens with zero attached hydrogens (tertiary/aromatic N) is 1. The number of aryl methyl sites for hydroxylation is 2. The second-order valence-electron chi connectivity index (χ2n) is 4.79. The van der Waals surface area contributed by atoms with E-state index in [2.05, 4.69) is 10.3 Å². The average Bonchev–Trinajstić information content (AvgIpc) is 3.07. The van der Waals surface area contributed by atoms with Crippen LogP contribution in [0.1, 0.15) is 21.1 Å². The van der Waals surface area contributed by atoms with Crippen LogP contribution in [-0.4, -0.2) is 10.9 Å². The number of thiazole rings is 1. The minimum Gasteiger partial charge on any atom is -0.426 e. The van der Waals surface area contributed by atoms with Crippen LogP contribution in [0.5, 0.6) is 11.7 Å². The third kappa shape index (κ3) is 3.57. The summed E-state index contributed by atoms with van der Waals surface area (Å²) in [6.07, 6.45) is 0. The molecule has 1 aromatic carbocycles. The molecule has 0 saturated carbocycles. The molecule has 118 valence electrons. The topological polar surface area (TPSA) is 64.4 Å². The molecule has 23 heavy (non-hydrogen) atoms. The second kappa shape index (κ2) is 6.21. The van der Waals surface area contributed by atoms with Gasteiger partial charge < -0.3 is 9.15 Å². The van der Waals surface area contributed by atoms with Crippen molar-refractivity contribution in [2.75, 3.05) is 5.32 Å². The van der Waals surface area contributed by atoms with Crippen molar-refractivity contribution < 1.29 is 18.3 Å². The fraction of sp³-hybridized carbons (Fsp3) is 0.125. The van der Waals surface area contributed by atoms with Gasteiger partial charge in [0.15, 0.2) is 10.9 Å². The molecule has 0 spiro atoms. The maximum atomic E-state index is 13.1. The highest BCUT2D eigenvalue weighted by Crippen LogP contribution is 2.26. The van der Waals surface area contributed by atoms with Crippen LogP contribution in [0.3, 0.4) is 0 Å². The first-order valence-electron chi connectivity index (χ1n) is 6.80. The smallest absolute Gasteiger partial charge is 0.293 e.